The van der Waals surface area contributed by atoms with E-state index < -0.39 is 0 Å². The van der Waals surface area contributed by atoms with Gasteiger partial charge in [0, 0.05) is 11.1 Å². The van der Waals surface area contributed by atoms with Crippen molar-refractivity contribution in [3.05, 3.63) is 53.7 Å². The number of aromatic nitrogens is 1. The quantitative estimate of drug-likeness (QED) is 0.787. The van der Waals surface area contributed by atoms with E-state index in [0.717, 1.165) is 9.92 Å². The van der Waals surface area contributed by atoms with E-state index in [4.69, 9.17) is 5.26 Å². The Balaban J connectivity index is 2.31. The molecule has 1 heterocycles. The first-order valence-electron chi connectivity index (χ1n) is 4.89. The summed E-state index contributed by atoms with van der Waals surface area (Å²) in [5, 5.41) is 9.71. The molecule has 0 fully saturated rings. The molecular weight excluding hydrogens is 216 g/mol. The SMILES string of the molecule is Cc1cccc(Sc2ncccc2C#N)c1. The molecule has 16 heavy (non-hydrogen) atoms. The molecule has 0 amide bonds. The highest BCUT2D eigenvalue weighted by atomic mass is 32.2. The van der Waals surface area contributed by atoms with Crippen LogP contribution < -0.4 is 0 Å². The van der Waals surface area contributed by atoms with Crippen LogP contribution in [-0.2, 0) is 0 Å². The van der Waals surface area contributed by atoms with Crippen LogP contribution in [0.15, 0.2) is 52.5 Å². The van der Waals surface area contributed by atoms with Gasteiger partial charge in [-0.2, -0.15) is 5.26 Å². The number of nitrogens with zero attached hydrogens (tertiary/aromatic N) is 2. The fourth-order valence-electron chi connectivity index (χ4n) is 1.35. The molecular formula is C13H10N2S. The molecule has 0 atom stereocenters. The van der Waals surface area contributed by atoms with Crippen LogP contribution in [0.5, 0.6) is 0 Å². The van der Waals surface area contributed by atoms with Crippen LogP contribution in [0.2, 0.25) is 0 Å². The molecule has 0 bridgehead atoms. The van der Waals surface area contributed by atoms with Crippen LogP contribution in [0.1, 0.15) is 11.1 Å². The van der Waals surface area contributed by atoms with Gasteiger partial charge in [-0.15, -0.1) is 0 Å². The van der Waals surface area contributed by atoms with E-state index >= 15 is 0 Å². The van der Waals surface area contributed by atoms with Gasteiger partial charge in [0.1, 0.15) is 11.1 Å². The molecule has 78 valence electrons. The van der Waals surface area contributed by atoms with Gasteiger partial charge in [0.2, 0.25) is 0 Å². The van der Waals surface area contributed by atoms with E-state index in [2.05, 4.69) is 17.1 Å². The molecule has 0 aliphatic carbocycles. The lowest BCUT2D eigenvalue weighted by molar-refractivity contribution is 1.11. The number of pyridine rings is 1. The summed E-state index contributed by atoms with van der Waals surface area (Å²) in [5.74, 6) is 0. The van der Waals surface area contributed by atoms with Crippen molar-refractivity contribution in [3.8, 4) is 6.07 Å². The van der Waals surface area contributed by atoms with Crippen LogP contribution in [-0.4, -0.2) is 4.98 Å². The Morgan fingerprint density at radius 3 is 2.88 bits per heavy atom. The summed E-state index contributed by atoms with van der Waals surface area (Å²) in [6.45, 7) is 2.05. The number of aryl methyl sites for hydroxylation is 1. The minimum Gasteiger partial charge on any atom is -0.248 e. The van der Waals surface area contributed by atoms with E-state index in [1.807, 2.05) is 25.1 Å². The van der Waals surface area contributed by atoms with Gasteiger partial charge in [0.05, 0.1) is 5.56 Å². The second-order valence-electron chi connectivity index (χ2n) is 3.39. The van der Waals surface area contributed by atoms with E-state index in [0.29, 0.717) is 5.56 Å². The molecule has 3 heteroatoms. The minimum absolute atomic E-state index is 0.619. The Morgan fingerprint density at radius 1 is 1.25 bits per heavy atom. The third-order valence-corrected chi connectivity index (χ3v) is 3.10. The molecule has 0 aliphatic heterocycles. The van der Waals surface area contributed by atoms with E-state index in [9.17, 15) is 0 Å². The third-order valence-electron chi connectivity index (χ3n) is 2.10. The van der Waals surface area contributed by atoms with Crippen LogP contribution in [0.3, 0.4) is 0 Å². The molecule has 2 nitrogen and oxygen atoms in total. The molecule has 2 aromatic rings. The first kappa shape index (κ1) is 10.7. The Morgan fingerprint density at radius 2 is 2.12 bits per heavy atom. The molecule has 0 spiro atoms. The average Bonchev–Trinajstić information content (AvgIpc) is 2.30. The molecule has 0 saturated carbocycles. The normalized spacial score (nSPS) is 9.75. The Bertz CT molecular complexity index is 544. The Labute approximate surface area is 99.0 Å². The number of benzene rings is 1. The summed E-state index contributed by atoms with van der Waals surface area (Å²) in [5.41, 5.74) is 1.83. The maximum atomic E-state index is 8.95. The average molecular weight is 226 g/mol. The van der Waals surface area contributed by atoms with E-state index in [1.54, 1.807) is 18.3 Å². The van der Waals surface area contributed by atoms with Crippen molar-refractivity contribution in [2.24, 2.45) is 0 Å². The number of nitriles is 1. The highest BCUT2D eigenvalue weighted by molar-refractivity contribution is 7.99. The van der Waals surface area contributed by atoms with Gasteiger partial charge in [0.25, 0.3) is 0 Å². The van der Waals surface area contributed by atoms with Crippen molar-refractivity contribution in [1.82, 2.24) is 4.98 Å². The molecule has 0 N–H and O–H groups in total. The maximum absolute atomic E-state index is 8.95. The van der Waals surface area contributed by atoms with Crippen LogP contribution >= 0.6 is 11.8 Å². The third kappa shape index (κ3) is 2.41. The lowest BCUT2D eigenvalue weighted by atomic mass is 10.2. The summed E-state index contributed by atoms with van der Waals surface area (Å²) in [7, 11) is 0. The predicted octanol–water partition coefficient (Wildman–Crippen LogP) is 3.41. The van der Waals surface area contributed by atoms with Gasteiger partial charge in [-0.3, -0.25) is 0 Å². The number of hydrogen-bond donors (Lipinski definition) is 0. The maximum Gasteiger partial charge on any atom is 0.119 e. The minimum atomic E-state index is 0.619. The largest absolute Gasteiger partial charge is 0.248 e. The van der Waals surface area contributed by atoms with Crippen LogP contribution in [0.25, 0.3) is 0 Å². The first-order chi connectivity index (χ1) is 7.79. The topological polar surface area (TPSA) is 36.7 Å². The molecule has 0 saturated heterocycles. The Kier molecular flexibility index (Phi) is 3.23. The van der Waals surface area contributed by atoms with Crippen molar-refractivity contribution in [1.29, 1.82) is 5.26 Å². The van der Waals surface area contributed by atoms with Gasteiger partial charge in [0.15, 0.2) is 0 Å². The molecule has 1 aromatic carbocycles. The monoisotopic (exact) mass is 226 g/mol. The molecule has 0 aliphatic rings. The zero-order chi connectivity index (χ0) is 11.4. The van der Waals surface area contributed by atoms with Crippen molar-refractivity contribution in [3.63, 3.8) is 0 Å². The summed E-state index contributed by atoms with van der Waals surface area (Å²) < 4.78 is 0. The van der Waals surface area contributed by atoms with Crippen molar-refractivity contribution in [2.75, 3.05) is 0 Å². The zero-order valence-corrected chi connectivity index (χ0v) is 9.66. The summed E-state index contributed by atoms with van der Waals surface area (Å²) in [6.07, 6.45) is 1.71. The molecule has 1 aromatic heterocycles. The van der Waals surface area contributed by atoms with Crippen molar-refractivity contribution >= 4 is 11.8 Å². The molecule has 0 radical (unpaired) electrons. The van der Waals surface area contributed by atoms with E-state index in [1.165, 1.54) is 17.3 Å². The molecule has 0 unspecified atom stereocenters. The highest BCUT2D eigenvalue weighted by Crippen LogP contribution is 2.28. The van der Waals surface area contributed by atoms with Crippen LogP contribution in [0.4, 0.5) is 0 Å². The summed E-state index contributed by atoms with van der Waals surface area (Å²) in [4.78, 5) is 5.32. The number of rotatable bonds is 2. The highest BCUT2D eigenvalue weighted by Gasteiger charge is 2.04. The second-order valence-corrected chi connectivity index (χ2v) is 4.45. The lowest BCUT2D eigenvalue weighted by Crippen LogP contribution is -1.85. The summed E-state index contributed by atoms with van der Waals surface area (Å²) >= 11 is 1.52. The molecule has 2 rings (SSSR count). The standard InChI is InChI=1S/C13H10N2S/c1-10-4-2-6-12(8-10)16-13-11(9-14)5-3-7-15-13/h2-8H,1H3. The first-order valence-corrected chi connectivity index (χ1v) is 5.71. The smallest absolute Gasteiger partial charge is 0.119 e. The van der Waals surface area contributed by atoms with Crippen molar-refractivity contribution in [2.45, 2.75) is 16.8 Å². The Hall–Kier alpha value is -1.79. The van der Waals surface area contributed by atoms with E-state index in [-0.39, 0.29) is 0 Å². The zero-order valence-electron chi connectivity index (χ0n) is 8.84. The fraction of sp³-hybridized carbons (Fsp3) is 0.0769. The van der Waals surface area contributed by atoms with Crippen molar-refractivity contribution < 1.29 is 0 Å². The fourth-order valence-corrected chi connectivity index (χ4v) is 2.30. The predicted molar refractivity (Wildman–Crippen MR) is 64.3 cm³/mol. The van der Waals surface area contributed by atoms with Gasteiger partial charge in [-0.1, -0.05) is 29.5 Å². The van der Waals surface area contributed by atoms with Gasteiger partial charge < -0.3 is 0 Å². The van der Waals surface area contributed by atoms with Gasteiger partial charge in [-0.05, 0) is 31.2 Å². The van der Waals surface area contributed by atoms with Gasteiger partial charge >= 0.3 is 0 Å². The number of hydrogen-bond acceptors (Lipinski definition) is 3. The lowest BCUT2D eigenvalue weighted by Gasteiger charge is -2.02. The second kappa shape index (κ2) is 4.82. The summed E-state index contributed by atoms with van der Waals surface area (Å²) in [6, 6.07) is 13.9. The van der Waals surface area contributed by atoms with Crippen LogP contribution in [0, 0.1) is 18.3 Å². The van der Waals surface area contributed by atoms with Gasteiger partial charge in [-0.25, -0.2) is 4.98 Å².